The molecule has 0 saturated carbocycles. The van der Waals surface area contributed by atoms with Gasteiger partial charge in [0.2, 0.25) is 0 Å². The quantitative estimate of drug-likeness (QED) is 0.773. The van der Waals surface area contributed by atoms with Gasteiger partial charge in [-0.25, -0.2) is 9.78 Å². The van der Waals surface area contributed by atoms with E-state index in [2.05, 4.69) is 20.5 Å². The van der Waals surface area contributed by atoms with Crippen LogP contribution in [0.2, 0.25) is 0 Å². The maximum Gasteiger partial charge on any atom is 0.319 e. The second-order valence-corrected chi connectivity index (χ2v) is 5.62. The van der Waals surface area contributed by atoms with Gasteiger partial charge in [-0.15, -0.1) is 0 Å². The van der Waals surface area contributed by atoms with Crippen LogP contribution in [0, 0.1) is 5.92 Å². The standard InChI is InChI=1S/C15H24N4O2/c1-11(10-20)12(2)17-15(21)18-13-6-5-7-16-14(13)19-8-3-4-9-19/h5-7,11-12,20H,3-4,8-10H2,1-2H3,(H2,17,18,21). The van der Waals surface area contributed by atoms with Gasteiger partial charge in [-0.3, -0.25) is 0 Å². The van der Waals surface area contributed by atoms with Crippen LogP contribution in [-0.2, 0) is 0 Å². The van der Waals surface area contributed by atoms with E-state index in [1.807, 2.05) is 26.0 Å². The molecule has 0 spiro atoms. The SMILES string of the molecule is CC(CO)C(C)NC(=O)Nc1cccnc1N1CCCC1. The number of aromatic nitrogens is 1. The fourth-order valence-electron chi connectivity index (χ4n) is 2.34. The van der Waals surface area contributed by atoms with E-state index in [1.54, 1.807) is 6.20 Å². The number of carbonyl (C=O) groups excluding carboxylic acids is 1. The average Bonchev–Trinajstić information content (AvgIpc) is 3.00. The van der Waals surface area contributed by atoms with E-state index in [-0.39, 0.29) is 24.6 Å². The summed E-state index contributed by atoms with van der Waals surface area (Å²) in [4.78, 5) is 18.6. The van der Waals surface area contributed by atoms with Gasteiger partial charge < -0.3 is 20.6 Å². The van der Waals surface area contributed by atoms with Crippen molar-refractivity contribution in [3.05, 3.63) is 18.3 Å². The van der Waals surface area contributed by atoms with Gasteiger partial charge in [0, 0.05) is 31.9 Å². The van der Waals surface area contributed by atoms with Crippen molar-refractivity contribution in [2.24, 2.45) is 5.92 Å². The van der Waals surface area contributed by atoms with Crippen LogP contribution in [0.15, 0.2) is 18.3 Å². The normalized spacial score (nSPS) is 17.4. The lowest BCUT2D eigenvalue weighted by Gasteiger charge is -2.22. The third-order valence-electron chi connectivity index (χ3n) is 3.94. The Morgan fingerprint density at radius 1 is 1.43 bits per heavy atom. The molecule has 3 N–H and O–H groups in total. The monoisotopic (exact) mass is 292 g/mol. The van der Waals surface area contributed by atoms with E-state index in [4.69, 9.17) is 5.11 Å². The first kappa shape index (κ1) is 15.6. The molecule has 6 heteroatoms. The Morgan fingerprint density at radius 2 is 2.14 bits per heavy atom. The highest BCUT2D eigenvalue weighted by atomic mass is 16.3. The van der Waals surface area contributed by atoms with Crippen LogP contribution in [0.1, 0.15) is 26.7 Å². The van der Waals surface area contributed by atoms with E-state index in [9.17, 15) is 4.79 Å². The molecule has 1 aliphatic heterocycles. The van der Waals surface area contributed by atoms with Gasteiger partial charge in [-0.2, -0.15) is 0 Å². The molecule has 2 unspecified atom stereocenters. The van der Waals surface area contributed by atoms with Crippen LogP contribution >= 0.6 is 0 Å². The third kappa shape index (κ3) is 4.07. The predicted molar refractivity (Wildman–Crippen MR) is 83.6 cm³/mol. The minimum absolute atomic E-state index is 0.0164. The summed E-state index contributed by atoms with van der Waals surface area (Å²) in [5, 5.41) is 14.8. The van der Waals surface area contributed by atoms with E-state index in [0.29, 0.717) is 0 Å². The molecule has 1 saturated heterocycles. The molecule has 1 aromatic rings. The lowest BCUT2D eigenvalue weighted by molar-refractivity contribution is 0.204. The van der Waals surface area contributed by atoms with Crippen molar-refractivity contribution in [3.8, 4) is 0 Å². The molecule has 116 valence electrons. The smallest absolute Gasteiger partial charge is 0.319 e. The number of pyridine rings is 1. The Kier molecular flexibility index (Phi) is 5.38. The number of hydrogen-bond acceptors (Lipinski definition) is 4. The van der Waals surface area contributed by atoms with E-state index >= 15 is 0 Å². The zero-order chi connectivity index (χ0) is 15.2. The molecular weight excluding hydrogens is 268 g/mol. The van der Waals surface area contributed by atoms with Gasteiger partial charge in [0.05, 0.1) is 5.69 Å². The highest BCUT2D eigenvalue weighted by molar-refractivity contribution is 5.92. The minimum Gasteiger partial charge on any atom is -0.396 e. The number of hydrogen-bond donors (Lipinski definition) is 3. The van der Waals surface area contributed by atoms with Crippen molar-refractivity contribution >= 4 is 17.5 Å². The largest absolute Gasteiger partial charge is 0.396 e. The van der Waals surface area contributed by atoms with Gasteiger partial charge in [-0.1, -0.05) is 6.92 Å². The summed E-state index contributed by atoms with van der Waals surface area (Å²) in [7, 11) is 0. The third-order valence-corrected chi connectivity index (χ3v) is 3.94. The Balaban J connectivity index is 2.00. The molecule has 0 aliphatic carbocycles. The second kappa shape index (κ2) is 7.26. The van der Waals surface area contributed by atoms with Gasteiger partial charge in [-0.05, 0) is 37.8 Å². The fraction of sp³-hybridized carbons (Fsp3) is 0.600. The number of aliphatic hydroxyl groups is 1. The molecule has 1 fully saturated rings. The molecule has 2 heterocycles. The molecule has 0 aromatic carbocycles. The number of carbonyl (C=O) groups is 1. The molecular formula is C15H24N4O2. The molecule has 2 amide bonds. The van der Waals surface area contributed by atoms with Crippen molar-refractivity contribution in [2.45, 2.75) is 32.7 Å². The summed E-state index contributed by atoms with van der Waals surface area (Å²) in [5.74, 6) is 0.843. The van der Waals surface area contributed by atoms with Crippen LogP contribution in [0.3, 0.4) is 0 Å². The maximum absolute atomic E-state index is 12.1. The van der Waals surface area contributed by atoms with Crippen molar-refractivity contribution < 1.29 is 9.90 Å². The Labute approximate surface area is 125 Å². The van der Waals surface area contributed by atoms with Crippen LogP contribution in [0.4, 0.5) is 16.3 Å². The number of nitrogens with one attached hydrogen (secondary N) is 2. The summed E-state index contributed by atoms with van der Waals surface area (Å²) in [6.07, 6.45) is 4.06. The highest BCUT2D eigenvalue weighted by Crippen LogP contribution is 2.25. The number of nitrogens with zero attached hydrogens (tertiary/aromatic N) is 2. The summed E-state index contributed by atoms with van der Waals surface area (Å²) < 4.78 is 0. The summed E-state index contributed by atoms with van der Waals surface area (Å²) in [6, 6.07) is 3.31. The summed E-state index contributed by atoms with van der Waals surface area (Å²) in [6.45, 7) is 5.78. The van der Waals surface area contributed by atoms with Gasteiger partial charge >= 0.3 is 6.03 Å². The number of anilines is 2. The molecule has 0 bridgehead atoms. The van der Waals surface area contributed by atoms with Gasteiger partial charge in [0.15, 0.2) is 5.82 Å². The lowest BCUT2D eigenvalue weighted by Crippen LogP contribution is -2.41. The van der Waals surface area contributed by atoms with Crippen molar-refractivity contribution in [1.29, 1.82) is 0 Å². The van der Waals surface area contributed by atoms with Gasteiger partial charge in [0.1, 0.15) is 0 Å². The van der Waals surface area contributed by atoms with Crippen molar-refractivity contribution in [3.63, 3.8) is 0 Å². The number of amides is 2. The molecule has 0 radical (unpaired) electrons. The zero-order valence-corrected chi connectivity index (χ0v) is 12.7. The Hall–Kier alpha value is -1.82. The topological polar surface area (TPSA) is 77.5 Å². The molecule has 1 aromatic heterocycles. The Bertz CT molecular complexity index is 474. The second-order valence-electron chi connectivity index (χ2n) is 5.62. The lowest BCUT2D eigenvalue weighted by atomic mass is 10.1. The number of urea groups is 1. The van der Waals surface area contributed by atoms with E-state index in [0.717, 1.165) is 37.4 Å². The zero-order valence-electron chi connectivity index (χ0n) is 12.7. The first-order valence-electron chi connectivity index (χ1n) is 7.50. The molecule has 1 aliphatic rings. The van der Waals surface area contributed by atoms with Gasteiger partial charge in [0.25, 0.3) is 0 Å². The highest BCUT2D eigenvalue weighted by Gasteiger charge is 2.19. The van der Waals surface area contributed by atoms with E-state index < -0.39 is 0 Å². The molecule has 6 nitrogen and oxygen atoms in total. The number of rotatable bonds is 5. The van der Waals surface area contributed by atoms with E-state index in [1.165, 1.54) is 0 Å². The summed E-state index contributed by atoms with van der Waals surface area (Å²) in [5.41, 5.74) is 0.723. The summed E-state index contributed by atoms with van der Waals surface area (Å²) >= 11 is 0. The average molecular weight is 292 g/mol. The first-order chi connectivity index (χ1) is 10.1. The van der Waals surface area contributed by atoms with Crippen LogP contribution < -0.4 is 15.5 Å². The van der Waals surface area contributed by atoms with Crippen LogP contribution in [-0.4, -0.2) is 41.9 Å². The molecule has 2 atom stereocenters. The fourth-order valence-corrected chi connectivity index (χ4v) is 2.34. The van der Waals surface area contributed by atoms with Crippen molar-refractivity contribution in [1.82, 2.24) is 10.3 Å². The number of aliphatic hydroxyl groups excluding tert-OH is 1. The first-order valence-corrected chi connectivity index (χ1v) is 7.50. The predicted octanol–water partition coefficient (Wildman–Crippen LogP) is 1.82. The van der Waals surface area contributed by atoms with Crippen LogP contribution in [0.25, 0.3) is 0 Å². The van der Waals surface area contributed by atoms with Crippen molar-refractivity contribution in [2.75, 3.05) is 29.9 Å². The maximum atomic E-state index is 12.1. The van der Waals surface area contributed by atoms with Crippen LogP contribution in [0.5, 0.6) is 0 Å². The molecule has 21 heavy (non-hydrogen) atoms. The Morgan fingerprint density at radius 3 is 2.81 bits per heavy atom. The minimum atomic E-state index is -0.267. The molecule has 2 rings (SSSR count).